The zero-order valence-electron chi connectivity index (χ0n) is 12.4. The van der Waals surface area contributed by atoms with Crippen LogP contribution in [-0.2, 0) is 5.41 Å². The molecule has 3 aliphatic rings. The summed E-state index contributed by atoms with van der Waals surface area (Å²) in [6, 6.07) is 0. The fraction of sp³-hybridized carbons (Fsp3) is 0.857. The van der Waals surface area contributed by atoms with Crippen molar-refractivity contribution in [3.63, 3.8) is 0 Å². The van der Waals surface area contributed by atoms with Crippen LogP contribution in [-0.4, -0.2) is 54.5 Å². The Morgan fingerprint density at radius 1 is 1.23 bits per heavy atom. The van der Waals surface area contributed by atoms with Gasteiger partial charge in [-0.1, -0.05) is 0 Å². The molecule has 0 radical (unpaired) electrons. The van der Waals surface area contributed by atoms with Crippen molar-refractivity contribution in [2.45, 2.75) is 36.8 Å². The van der Waals surface area contributed by atoms with Gasteiger partial charge in [-0.2, -0.15) is 13.2 Å². The standard InChI is InChI=1S/C14H19F3N4S/c1-21-4-2-9(3-5-21)10-19-20-11(22-10)12-6-13(12,8-18-7-12)14(15,16)17/h9,18H,2-8H2,1H3/t12-,13-/m0/s1. The lowest BCUT2D eigenvalue weighted by Gasteiger charge is -2.27. The zero-order valence-corrected chi connectivity index (χ0v) is 13.2. The van der Waals surface area contributed by atoms with E-state index in [9.17, 15) is 13.2 Å². The van der Waals surface area contributed by atoms with Gasteiger partial charge in [0.15, 0.2) is 0 Å². The minimum absolute atomic E-state index is 0.0135. The summed E-state index contributed by atoms with van der Waals surface area (Å²) in [6.45, 7) is 2.41. The first-order valence-electron chi connectivity index (χ1n) is 7.68. The Balaban J connectivity index is 1.58. The molecule has 4 rings (SSSR count). The van der Waals surface area contributed by atoms with Crippen molar-refractivity contribution in [2.75, 3.05) is 33.2 Å². The van der Waals surface area contributed by atoms with Crippen LogP contribution >= 0.6 is 11.3 Å². The first kappa shape index (κ1) is 14.8. The van der Waals surface area contributed by atoms with Gasteiger partial charge in [0, 0.05) is 19.0 Å². The van der Waals surface area contributed by atoms with Gasteiger partial charge in [-0.05, 0) is 39.4 Å². The molecule has 0 amide bonds. The summed E-state index contributed by atoms with van der Waals surface area (Å²) >= 11 is 1.41. The van der Waals surface area contributed by atoms with E-state index in [1.54, 1.807) is 0 Å². The summed E-state index contributed by atoms with van der Waals surface area (Å²) in [7, 11) is 2.09. The topological polar surface area (TPSA) is 41.1 Å². The summed E-state index contributed by atoms with van der Waals surface area (Å²) in [5.41, 5.74) is -2.46. The molecule has 1 saturated carbocycles. The van der Waals surface area contributed by atoms with Gasteiger partial charge < -0.3 is 10.2 Å². The second kappa shape index (κ2) is 4.64. The number of likely N-dealkylation sites (tertiary alicyclic amines) is 1. The van der Waals surface area contributed by atoms with Crippen LogP contribution in [0.15, 0.2) is 0 Å². The molecular weight excluding hydrogens is 313 g/mol. The highest BCUT2D eigenvalue weighted by Crippen LogP contribution is 2.73. The number of piperidine rings is 2. The Morgan fingerprint density at radius 2 is 1.95 bits per heavy atom. The van der Waals surface area contributed by atoms with E-state index < -0.39 is 17.0 Å². The third kappa shape index (κ3) is 1.89. The molecule has 22 heavy (non-hydrogen) atoms. The Kier molecular flexibility index (Phi) is 3.13. The summed E-state index contributed by atoms with van der Waals surface area (Å²) in [5, 5.41) is 12.9. The van der Waals surface area contributed by atoms with E-state index in [-0.39, 0.29) is 13.0 Å². The average molecular weight is 332 g/mol. The van der Waals surface area contributed by atoms with Crippen LogP contribution < -0.4 is 5.32 Å². The zero-order chi connectivity index (χ0) is 15.6. The number of rotatable bonds is 2. The van der Waals surface area contributed by atoms with E-state index in [1.165, 1.54) is 11.3 Å². The number of halogens is 3. The number of fused-ring (bicyclic) bond motifs is 1. The van der Waals surface area contributed by atoms with E-state index >= 15 is 0 Å². The fourth-order valence-corrected chi connectivity index (χ4v) is 5.40. The lowest BCUT2D eigenvalue weighted by molar-refractivity contribution is -0.186. The summed E-state index contributed by atoms with van der Waals surface area (Å²) < 4.78 is 40.3. The highest BCUT2D eigenvalue weighted by Gasteiger charge is 2.83. The molecule has 2 saturated heterocycles. The van der Waals surface area contributed by atoms with Crippen LogP contribution in [0, 0.1) is 5.41 Å². The van der Waals surface area contributed by atoms with E-state index in [1.807, 2.05) is 0 Å². The van der Waals surface area contributed by atoms with E-state index in [2.05, 4.69) is 27.5 Å². The summed E-state index contributed by atoms with van der Waals surface area (Å²) in [5.74, 6) is 0.354. The number of alkyl halides is 3. The molecule has 1 N–H and O–H groups in total. The molecule has 1 aliphatic carbocycles. The van der Waals surface area contributed by atoms with Crippen molar-refractivity contribution in [1.29, 1.82) is 0 Å². The molecule has 0 unspecified atom stereocenters. The Bertz CT molecular complexity index is 581. The third-order valence-electron chi connectivity index (χ3n) is 5.71. The number of nitrogens with zero attached hydrogens (tertiary/aromatic N) is 3. The van der Waals surface area contributed by atoms with E-state index in [0.717, 1.165) is 30.9 Å². The van der Waals surface area contributed by atoms with Gasteiger partial charge in [0.25, 0.3) is 0 Å². The Labute approximate surface area is 131 Å². The highest BCUT2D eigenvalue weighted by molar-refractivity contribution is 7.11. The van der Waals surface area contributed by atoms with Crippen LogP contribution in [0.3, 0.4) is 0 Å². The molecule has 0 spiro atoms. The van der Waals surface area contributed by atoms with Crippen LogP contribution in [0.5, 0.6) is 0 Å². The van der Waals surface area contributed by atoms with Gasteiger partial charge in [0.05, 0.1) is 10.8 Å². The molecule has 4 nitrogen and oxygen atoms in total. The van der Waals surface area contributed by atoms with Crippen molar-refractivity contribution in [1.82, 2.24) is 20.4 Å². The van der Waals surface area contributed by atoms with Crippen molar-refractivity contribution < 1.29 is 13.2 Å². The molecular formula is C14H19F3N4S. The largest absolute Gasteiger partial charge is 0.396 e. The number of nitrogens with one attached hydrogen (secondary N) is 1. The second-order valence-electron chi connectivity index (χ2n) is 6.97. The minimum Gasteiger partial charge on any atom is -0.315 e. The average Bonchev–Trinajstić information content (AvgIpc) is 2.83. The number of aromatic nitrogens is 2. The van der Waals surface area contributed by atoms with Crippen LogP contribution in [0.25, 0.3) is 0 Å². The Morgan fingerprint density at radius 3 is 2.59 bits per heavy atom. The maximum absolute atomic E-state index is 13.4. The van der Waals surface area contributed by atoms with Crippen molar-refractivity contribution in [3.8, 4) is 0 Å². The molecule has 1 aromatic rings. The molecule has 3 heterocycles. The molecule has 1 aromatic heterocycles. The van der Waals surface area contributed by atoms with Crippen molar-refractivity contribution in [2.24, 2.45) is 5.41 Å². The molecule has 2 atom stereocenters. The van der Waals surface area contributed by atoms with Gasteiger partial charge in [-0.3, -0.25) is 0 Å². The molecule has 0 bridgehead atoms. The van der Waals surface area contributed by atoms with Crippen LogP contribution in [0.2, 0.25) is 0 Å². The predicted octanol–water partition coefficient (Wildman–Crippen LogP) is 2.14. The van der Waals surface area contributed by atoms with E-state index in [4.69, 9.17) is 0 Å². The van der Waals surface area contributed by atoms with Crippen molar-refractivity contribution in [3.05, 3.63) is 10.0 Å². The van der Waals surface area contributed by atoms with Gasteiger partial charge in [0.1, 0.15) is 10.0 Å². The normalized spacial score (nSPS) is 36.5. The fourth-order valence-electron chi connectivity index (χ4n) is 4.10. The van der Waals surface area contributed by atoms with Gasteiger partial charge in [-0.25, -0.2) is 0 Å². The Hall–Kier alpha value is -0.730. The van der Waals surface area contributed by atoms with Gasteiger partial charge in [-0.15, -0.1) is 21.5 Å². The highest BCUT2D eigenvalue weighted by atomic mass is 32.1. The van der Waals surface area contributed by atoms with E-state index in [0.29, 0.717) is 17.5 Å². The molecule has 0 aromatic carbocycles. The molecule has 8 heteroatoms. The van der Waals surface area contributed by atoms with Gasteiger partial charge in [0.2, 0.25) is 0 Å². The van der Waals surface area contributed by atoms with Crippen LogP contribution in [0.1, 0.15) is 35.2 Å². The first-order chi connectivity index (χ1) is 10.4. The smallest absolute Gasteiger partial charge is 0.315 e. The summed E-state index contributed by atoms with van der Waals surface area (Å²) in [6.07, 6.45) is -1.98. The third-order valence-corrected chi connectivity index (χ3v) is 7.00. The number of hydrogen-bond acceptors (Lipinski definition) is 5. The van der Waals surface area contributed by atoms with Crippen LogP contribution in [0.4, 0.5) is 13.2 Å². The lowest BCUT2D eigenvalue weighted by atomic mass is 9.96. The maximum Gasteiger partial charge on any atom is 0.396 e. The first-order valence-corrected chi connectivity index (χ1v) is 8.50. The second-order valence-corrected chi connectivity index (χ2v) is 7.97. The molecule has 2 aliphatic heterocycles. The lowest BCUT2D eigenvalue weighted by Crippen LogP contribution is -2.32. The quantitative estimate of drug-likeness (QED) is 0.901. The van der Waals surface area contributed by atoms with Crippen molar-refractivity contribution >= 4 is 11.3 Å². The molecule has 3 fully saturated rings. The SMILES string of the molecule is CN1CCC(c2nnc([C@]34CNC[C@@]3(C(F)(F)F)C4)s2)CC1. The summed E-state index contributed by atoms with van der Waals surface area (Å²) in [4.78, 5) is 2.27. The molecule has 122 valence electrons. The van der Waals surface area contributed by atoms with Gasteiger partial charge >= 0.3 is 6.18 Å². The minimum atomic E-state index is -4.17. The predicted molar refractivity (Wildman–Crippen MR) is 77.0 cm³/mol. The monoisotopic (exact) mass is 332 g/mol. The maximum atomic E-state index is 13.4. The number of hydrogen-bond donors (Lipinski definition) is 1.